The molecule has 1 N–H and O–H groups in total. The summed E-state index contributed by atoms with van der Waals surface area (Å²) < 4.78 is 10.3. The first-order valence-electron chi connectivity index (χ1n) is 9.43. The third-order valence-corrected chi connectivity index (χ3v) is 5.26. The van der Waals surface area contributed by atoms with E-state index in [-0.39, 0.29) is 6.61 Å². The second-order valence-corrected chi connectivity index (χ2v) is 6.88. The van der Waals surface area contributed by atoms with Crippen LogP contribution in [0.1, 0.15) is 24.0 Å². The standard InChI is InChI=1S/C21H23N3O6/c1-4-30-20(26)22-21(16-10-5-6-11-18(16)23(2)19(21)25)17(13-24(27)28)14-8-7-9-15(12-14)29-3/h5-12,17H,4,13H2,1-3H3,(H,22,26). The number of nitrogens with zero attached hydrogens (tertiary/aromatic N) is 2. The summed E-state index contributed by atoms with van der Waals surface area (Å²) in [6.07, 6.45) is -0.827. The van der Waals surface area contributed by atoms with Crippen molar-refractivity contribution in [2.45, 2.75) is 18.4 Å². The van der Waals surface area contributed by atoms with Gasteiger partial charge in [0.1, 0.15) is 5.75 Å². The number of likely N-dealkylation sites (N-methyl/N-ethyl adjacent to an activating group) is 1. The van der Waals surface area contributed by atoms with E-state index in [0.29, 0.717) is 22.6 Å². The number of fused-ring (bicyclic) bond motifs is 1. The Morgan fingerprint density at radius 1 is 1.27 bits per heavy atom. The van der Waals surface area contributed by atoms with Crippen molar-refractivity contribution >= 4 is 17.7 Å². The van der Waals surface area contributed by atoms with E-state index in [2.05, 4.69) is 5.32 Å². The number of para-hydroxylation sites is 1. The highest BCUT2D eigenvalue weighted by molar-refractivity contribution is 6.09. The molecular weight excluding hydrogens is 390 g/mol. The lowest BCUT2D eigenvalue weighted by Crippen LogP contribution is -2.57. The van der Waals surface area contributed by atoms with Gasteiger partial charge in [0.2, 0.25) is 6.54 Å². The third-order valence-electron chi connectivity index (χ3n) is 5.26. The number of methoxy groups -OCH3 is 1. The zero-order chi connectivity index (χ0) is 21.9. The number of carbonyl (C=O) groups excluding carboxylic acids is 2. The minimum Gasteiger partial charge on any atom is -0.497 e. The molecule has 158 valence electrons. The van der Waals surface area contributed by atoms with E-state index in [4.69, 9.17) is 9.47 Å². The Bertz CT molecular complexity index is 979. The van der Waals surface area contributed by atoms with Crippen LogP contribution in [0.15, 0.2) is 48.5 Å². The third kappa shape index (κ3) is 3.54. The van der Waals surface area contributed by atoms with Gasteiger partial charge in [-0.05, 0) is 30.7 Å². The van der Waals surface area contributed by atoms with Crippen LogP contribution < -0.4 is 15.0 Å². The van der Waals surface area contributed by atoms with Gasteiger partial charge < -0.3 is 19.7 Å². The Morgan fingerprint density at radius 3 is 2.67 bits per heavy atom. The quantitative estimate of drug-likeness (QED) is 0.552. The van der Waals surface area contributed by atoms with E-state index in [9.17, 15) is 19.7 Å². The number of carbonyl (C=O) groups is 2. The molecule has 9 heteroatoms. The SMILES string of the molecule is CCOC(=O)NC1(C(C[N+](=O)[O-])c2cccc(OC)c2)C(=O)N(C)c2ccccc21. The molecule has 2 atom stereocenters. The largest absolute Gasteiger partial charge is 0.497 e. The molecule has 1 heterocycles. The summed E-state index contributed by atoms with van der Waals surface area (Å²) in [7, 11) is 3.06. The van der Waals surface area contributed by atoms with Crippen LogP contribution in [0.3, 0.4) is 0 Å². The highest BCUT2D eigenvalue weighted by Crippen LogP contribution is 2.48. The van der Waals surface area contributed by atoms with Gasteiger partial charge >= 0.3 is 6.09 Å². The molecule has 0 aliphatic carbocycles. The van der Waals surface area contributed by atoms with Crippen molar-refractivity contribution in [1.29, 1.82) is 0 Å². The number of anilines is 1. The van der Waals surface area contributed by atoms with Crippen LogP contribution in [0.25, 0.3) is 0 Å². The van der Waals surface area contributed by atoms with Crippen LogP contribution in [0.4, 0.5) is 10.5 Å². The molecule has 0 saturated heterocycles. The minimum atomic E-state index is -1.71. The lowest BCUT2D eigenvalue weighted by atomic mass is 9.75. The van der Waals surface area contributed by atoms with Crippen LogP contribution in [0.5, 0.6) is 5.75 Å². The summed E-state index contributed by atoms with van der Waals surface area (Å²) in [4.78, 5) is 38.6. The average molecular weight is 413 g/mol. The number of hydrogen-bond donors (Lipinski definition) is 1. The number of nitro groups is 1. The zero-order valence-corrected chi connectivity index (χ0v) is 17.0. The Balaban J connectivity index is 2.27. The lowest BCUT2D eigenvalue weighted by Gasteiger charge is -2.35. The molecule has 0 spiro atoms. The Morgan fingerprint density at radius 2 is 2.00 bits per heavy atom. The predicted molar refractivity (Wildman–Crippen MR) is 109 cm³/mol. The van der Waals surface area contributed by atoms with Crippen molar-refractivity contribution in [1.82, 2.24) is 5.32 Å². The molecule has 2 aromatic rings. The molecule has 0 radical (unpaired) electrons. The first-order chi connectivity index (χ1) is 14.3. The molecule has 3 rings (SSSR count). The van der Waals surface area contributed by atoms with E-state index >= 15 is 0 Å². The molecule has 30 heavy (non-hydrogen) atoms. The number of amides is 2. The fraction of sp³-hybridized carbons (Fsp3) is 0.333. The average Bonchev–Trinajstić information content (AvgIpc) is 2.95. The summed E-state index contributed by atoms with van der Waals surface area (Å²) in [5, 5.41) is 14.3. The van der Waals surface area contributed by atoms with E-state index in [1.54, 1.807) is 62.5 Å². The smallest absolute Gasteiger partial charge is 0.408 e. The van der Waals surface area contributed by atoms with Gasteiger partial charge in [0.25, 0.3) is 5.91 Å². The van der Waals surface area contributed by atoms with Crippen LogP contribution in [-0.2, 0) is 15.1 Å². The molecule has 0 fully saturated rings. The van der Waals surface area contributed by atoms with Gasteiger partial charge in [0.15, 0.2) is 5.54 Å². The van der Waals surface area contributed by atoms with Crippen molar-refractivity contribution in [2.24, 2.45) is 0 Å². The number of nitrogens with one attached hydrogen (secondary N) is 1. The van der Waals surface area contributed by atoms with Gasteiger partial charge in [-0.3, -0.25) is 14.9 Å². The van der Waals surface area contributed by atoms with Crippen molar-refractivity contribution in [3.63, 3.8) is 0 Å². The second-order valence-electron chi connectivity index (χ2n) is 6.88. The van der Waals surface area contributed by atoms with Gasteiger partial charge in [0.05, 0.1) is 19.6 Å². The monoisotopic (exact) mass is 413 g/mol. The highest BCUT2D eigenvalue weighted by atomic mass is 16.6. The summed E-state index contributed by atoms with van der Waals surface area (Å²) in [5.41, 5.74) is -0.186. The molecule has 1 aliphatic heterocycles. The maximum absolute atomic E-state index is 13.6. The highest BCUT2D eigenvalue weighted by Gasteiger charge is 2.58. The van der Waals surface area contributed by atoms with Crippen molar-refractivity contribution in [3.05, 3.63) is 69.8 Å². The van der Waals surface area contributed by atoms with Crippen LogP contribution >= 0.6 is 0 Å². The summed E-state index contributed by atoms with van der Waals surface area (Å²) in [6, 6.07) is 13.6. The van der Waals surface area contributed by atoms with E-state index in [1.165, 1.54) is 12.0 Å². The van der Waals surface area contributed by atoms with Gasteiger partial charge in [-0.15, -0.1) is 0 Å². The molecule has 2 aromatic carbocycles. The van der Waals surface area contributed by atoms with Gasteiger partial charge in [-0.25, -0.2) is 4.79 Å². The Hall–Kier alpha value is -3.62. The first kappa shape index (κ1) is 21.1. The van der Waals surface area contributed by atoms with Crippen LogP contribution in [-0.4, -0.2) is 44.2 Å². The maximum Gasteiger partial charge on any atom is 0.408 e. The summed E-state index contributed by atoms with van der Waals surface area (Å²) in [5.74, 6) is -1.00. The summed E-state index contributed by atoms with van der Waals surface area (Å²) >= 11 is 0. The van der Waals surface area contributed by atoms with E-state index in [0.717, 1.165) is 0 Å². The summed E-state index contributed by atoms with van der Waals surface area (Å²) in [6.45, 7) is 1.14. The normalized spacial score (nSPS) is 18.5. The topological polar surface area (TPSA) is 111 Å². The van der Waals surface area contributed by atoms with E-state index in [1.807, 2.05) is 0 Å². The Kier molecular flexibility index (Phi) is 5.91. The maximum atomic E-state index is 13.6. The Labute approximate surface area is 173 Å². The second kappa shape index (κ2) is 8.40. The molecule has 1 aliphatic rings. The van der Waals surface area contributed by atoms with Crippen LogP contribution in [0, 0.1) is 10.1 Å². The molecule has 0 bridgehead atoms. The number of rotatable bonds is 7. The first-order valence-corrected chi connectivity index (χ1v) is 9.43. The molecule has 0 saturated carbocycles. The minimum absolute atomic E-state index is 0.0899. The lowest BCUT2D eigenvalue weighted by molar-refractivity contribution is -0.485. The number of hydrogen-bond acceptors (Lipinski definition) is 6. The number of ether oxygens (including phenoxy) is 2. The van der Waals surface area contributed by atoms with Crippen molar-refractivity contribution in [2.75, 3.05) is 32.2 Å². The predicted octanol–water partition coefficient (Wildman–Crippen LogP) is 2.67. The molecule has 0 aromatic heterocycles. The zero-order valence-electron chi connectivity index (χ0n) is 17.0. The van der Waals surface area contributed by atoms with Gasteiger partial charge in [0, 0.05) is 23.2 Å². The molecular formula is C21H23N3O6. The van der Waals surface area contributed by atoms with Crippen LogP contribution in [0.2, 0.25) is 0 Å². The van der Waals surface area contributed by atoms with Crippen molar-refractivity contribution < 1.29 is 24.0 Å². The van der Waals surface area contributed by atoms with Crippen molar-refractivity contribution in [3.8, 4) is 5.75 Å². The van der Waals surface area contributed by atoms with Gasteiger partial charge in [-0.2, -0.15) is 0 Å². The molecule has 9 nitrogen and oxygen atoms in total. The molecule has 2 unspecified atom stereocenters. The number of alkyl carbamates (subject to hydrolysis) is 1. The van der Waals surface area contributed by atoms with E-state index < -0.39 is 34.9 Å². The number of benzene rings is 2. The fourth-order valence-corrected chi connectivity index (χ4v) is 3.96. The van der Waals surface area contributed by atoms with Gasteiger partial charge in [-0.1, -0.05) is 30.3 Å². The fourth-order valence-electron chi connectivity index (χ4n) is 3.96. The molecule has 2 amide bonds.